The van der Waals surface area contributed by atoms with Crippen molar-refractivity contribution in [3.8, 4) is 5.75 Å². The molecule has 6 heteroatoms. The molecule has 0 radical (unpaired) electrons. The van der Waals surface area contributed by atoms with Crippen molar-refractivity contribution in [3.63, 3.8) is 0 Å². The smallest absolute Gasteiger partial charge is 0.226 e. The summed E-state index contributed by atoms with van der Waals surface area (Å²) in [5.74, 6) is 0.510. The molecular weight excluding hydrogens is 254 g/mol. The molecule has 1 amide bonds. The molecule has 100 valence electrons. The molecule has 0 saturated carbocycles. The van der Waals surface area contributed by atoms with Crippen molar-refractivity contribution in [1.29, 1.82) is 5.41 Å². The molecule has 1 aromatic carbocycles. The molecule has 0 aliphatic carbocycles. The van der Waals surface area contributed by atoms with Gasteiger partial charge in [0.05, 0.1) is 0 Å². The Balaban J connectivity index is 0.00000289. The maximum atomic E-state index is 11.4. The normalized spacial score (nSPS) is 9.50. The largest absolute Gasteiger partial charge is 0.486 e. The molecule has 0 spiro atoms. The number of halogens is 1. The highest BCUT2D eigenvalue weighted by molar-refractivity contribution is 5.92. The molecular formula is C12H18ClN3O2. The summed E-state index contributed by atoms with van der Waals surface area (Å²) in [5.41, 5.74) is 5.89. The third-order valence-corrected chi connectivity index (χ3v) is 2.04. The van der Waals surface area contributed by atoms with Crippen molar-refractivity contribution < 1.29 is 9.53 Å². The number of rotatable bonds is 5. The van der Waals surface area contributed by atoms with Gasteiger partial charge in [-0.05, 0) is 24.3 Å². The van der Waals surface area contributed by atoms with Crippen LogP contribution in [-0.2, 0) is 4.79 Å². The zero-order valence-corrected chi connectivity index (χ0v) is 11.2. The fourth-order valence-electron chi connectivity index (χ4n) is 1.08. The van der Waals surface area contributed by atoms with Crippen molar-refractivity contribution in [2.24, 2.45) is 11.7 Å². The minimum absolute atomic E-state index is 0. The van der Waals surface area contributed by atoms with Gasteiger partial charge in [0.25, 0.3) is 0 Å². The summed E-state index contributed by atoms with van der Waals surface area (Å²) in [6, 6.07) is 6.93. The fraction of sp³-hybridized carbons (Fsp3) is 0.333. The van der Waals surface area contributed by atoms with Gasteiger partial charge >= 0.3 is 0 Å². The van der Waals surface area contributed by atoms with Gasteiger partial charge < -0.3 is 15.8 Å². The molecule has 0 aromatic heterocycles. The maximum absolute atomic E-state index is 11.4. The number of amides is 1. The van der Waals surface area contributed by atoms with E-state index in [1.807, 2.05) is 13.8 Å². The highest BCUT2D eigenvalue weighted by Crippen LogP contribution is 2.16. The highest BCUT2D eigenvalue weighted by atomic mass is 35.5. The third-order valence-electron chi connectivity index (χ3n) is 2.04. The molecule has 0 unspecified atom stereocenters. The summed E-state index contributed by atoms with van der Waals surface area (Å²) in [6.45, 7) is 3.73. The number of ether oxygens (including phenoxy) is 1. The van der Waals surface area contributed by atoms with Gasteiger partial charge in [0, 0.05) is 11.6 Å². The first-order valence-corrected chi connectivity index (χ1v) is 5.35. The molecule has 0 fully saturated rings. The van der Waals surface area contributed by atoms with Gasteiger partial charge in [-0.3, -0.25) is 10.2 Å². The summed E-state index contributed by atoms with van der Waals surface area (Å²) in [4.78, 5) is 11.4. The second-order valence-corrected chi connectivity index (χ2v) is 3.98. The second-order valence-electron chi connectivity index (χ2n) is 3.98. The Kier molecular flexibility index (Phi) is 6.82. The zero-order valence-electron chi connectivity index (χ0n) is 10.4. The van der Waals surface area contributed by atoms with Crippen molar-refractivity contribution in [2.45, 2.75) is 13.8 Å². The average Bonchev–Trinajstić information content (AvgIpc) is 2.28. The SMILES string of the molecule is CC(C)C(=O)Nc1ccc(OCC(=N)N)cc1.Cl. The van der Waals surface area contributed by atoms with Crippen LogP contribution in [0.5, 0.6) is 5.75 Å². The topological polar surface area (TPSA) is 88.2 Å². The minimum atomic E-state index is -0.0522. The summed E-state index contributed by atoms with van der Waals surface area (Å²) in [5, 5.41) is 9.79. The Labute approximate surface area is 113 Å². The first-order chi connectivity index (χ1) is 7.99. The predicted octanol–water partition coefficient (Wildman–Crippen LogP) is 2.02. The molecule has 0 aliphatic heterocycles. The van der Waals surface area contributed by atoms with Crippen LogP contribution in [0.4, 0.5) is 5.69 Å². The number of carbonyl (C=O) groups excluding carboxylic acids is 1. The Morgan fingerprint density at radius 3 is 2.39 bits per heavy atom. The Hall–Kier alpha value is -1.75. The van der Waals surface area contributed by atoms with Gasteiger partial charge in [-0.2, -0.15) is 0 Å². The van der Waals surface area contributed by atoms with E-state index < -0.39 is 0 Å². The molecule has 18 heavy (non-hydrogen) atoms. The molecule has 0 heterocycles. The van der Waals surface area contributed by atoms with E-state index in [0.717, 1.165) is 5.69 Å². The van der Waals surface area contributed by atoms with E-state index in [4.69, 9.17) is 15.9 Å². The van der Waals surface area contributed by atoms with E-state index in [9.17, 15) is 4.79 Å². The van der Waals surface area contributed by atoms with Gasteiger partial charge in [-0.15, -0.1) is 12.4 Å². The van der Waals surface area contributed by atoms with Crippen LogP contribution in [-0.4, -0.2) is 18.3 Å². The van der Waals surface area contributed by atoms with Crippen LogP contribution in [0.1, 0.15) is 13.8 Å². The van der Waals surface area contributed by atoms with Crippen LogP contribution in [0.25, 0.3) is 0 Å². The Morgan fingerprint density at radius 2 is 1.94 bits per heavy atom. The fourth-order valence-corrected chi connectivity index (χ4v) is 1.08. The van der Waals surface area contributed by atoms with Crippen molar-refractivity contribution in [1.82, 2.24) is 0 Å². The van der Waals surface area contributed by atoms with E-state index in [1.54, 1.807) is 24.3 Å². The lowest BCUT2D eigenvalue weighted by Gasteiger charge is -2.09. The maximum Gasteiger partial charge on any atom is 0.226 e. The molecule has 0 aliphatic rings. The van der Waals surface area contributed by atoms with E-state index >= 15 is 0 Å². The molecule has 4 N–H and O–H groups in total. The molecule has 0 atom stereocenters. The lowest BCUT2D eigenvalue weighted by molar-refractivity contribution is -0.118. The molecule has 5 nitrogen and oxygen atoms in total. The number of nitrogens with one attached hydrogen (secondary N) is 2. The van der Waals surface area contributed by atoms with Crippen LogP contribution in [0, 0.1) is 11.3 Å². The highest BCUT2D eigenvalue weighted by Gasteiger charge is 2.06. The molecule has 1 aromatic rings. The lowest BCUT2D eigenvalue weighted by atomic mass is 10.2. The first-order valence-electron chi connectivity index (χ1n) is 5.35. The molecule has 1 rings (SSSR count). The average molecular weight is 272 g/mol. The van der Waals surface area contributed by atoms with E-state index in [1.165, 1.54) is 0 Å². The lowest BCUT2D eigenvalue weighted by Crippen LogP contribution is -2.19. The predicted molar refractivity (Wildman–Crippen MR) is 74.6 cm³/mol. The van der Waals surface area contributed by atoms with Gasteiger partial charge in [0.15, 0.2) is 0 Å². The van der Waals surface area contributed by atoms with Crippen LogP contribution >= 0.6 is 12.4 Å². The quantitative estimate of drug-likeness (QED) is 0.565. The third kappa shape index (κ3) is 5.54. The van der Waals surface area contributed by atoms with Crippen molar-refractivity contribution >= 4 is 29.8 Å². The Bertz CT molecular complexity index is 404. The van der Waals surface area contributed by atoms with Gasteiger partial charge in [-0.25, -0.2) is 0 Å². The monoisotopic (exact) mass is 271 g/mol. The second kappa shape index (κ2) is 7.55. The number of benzene rings is 1. The summed E-state index contributed by atoms with van der Waals surface area (Å²) in [6.07, 6.45) is 0. The number of hydrogen-bond donors (Lipinski definition) is 3. The van der Waals surface area contributed by atoms with E-state index in [2.05, 4.69) is 5.32 Å². The van der Waals surface area contributed by atoms with Crippen LogP contribution < -0.4 is 15.8 Å². The number of carbonyl (C=O) groups is 1. The number of anilines is 1. The number of amidine groups is 1. The molecule has 0 saturated heterocycles. The standard InChI is InChI=1S/C12H17N3O2.ClH/c1-8(2)12(16)15-9-3-5-10(6-4-9)17-7-11(13)14;/h3-6,8H,7H2,1-2H3,(H3,13,14)(H,15,16);1H. The van der Waals surface area contributed by atoms with Crippen LogP contribution in [0.15, 0.2) is 24.3 Å². The summed E-state index contributed by atoms with van der Waals surface area (Å²) >= 11 is 0. The van der Waals surface area contributed by atoms with Gasteiger partial charge in [-0.1, -0.05) is 13.8 Å². The van der Waals surface area contributed by atoms with Crippen molar-refractivity contribution in [3.05, 3.63) is 24.3 Å². The number of hydrogen-bond acceptors (Lipinski definition) is 3. The first kappa shape index (κ1) is 16.2. The van der Waals surface area contributed by atoms with Gasteiger partial charge in [0.2, 0.25) is 5.91 Å². The summed E-state index contributed by atoms with van der Waals surface area (Å²) < 4.78 is 5.21. The van der Waals surface area contributed by atoms with E-state index in [-0.39, 0.29) is 36.7 Å². The zero-order chi connectivity index (χ0) is 12.8. The van der Waals surface area contributed by atoms with Crippen molar-refractivity contribution in [2.75, 3.05) is 11.9 Å². The van der Waals surface area contributed by atoms with Crippen LogP contribution in [0.2, 0.25) is 0 Å². The van der Waals surface area contributed by atoms with Gasteiger partial charge in [0.1, 0.15) is 18.2 Å². The Morgan fingerprint density at radius 1 is 1.39 bits per heavy atom. The number of nitrogens with two attached hydrogens (primary N) is 1. The van der Waals surface area contributed by atoms with E-state index in [0.29, 0.717) is 5.75 Å². The summed E-state index contributed by atoms with van der Waals surface area (Å²) in [7, 11) is 0. The van der Waals surface area contributed by atoms with Crippen LogP contribution in [0.3, 0.4) is 0 Å². The minimum Gasteiger partial charge on any atom is -0.486 e. The molecule has 0 bridgehead atoms.